The van der Waals surface area contributed by atoms with Crippen LogP contribution < -0.4 is 4.74 Å². The summed E-state index contributed by atoms with van der Waals surface area (Å²) < 4.78 is 32.3. The molecule has 1 aromatic carbocycles. The van der Waals surface area contributed by atoms with Gasteiger partial charge in [-0.2, -0.15) is 15.7 Å². The molecule has 0 saturated carbocycles. The molecule has 0 bridgehead atoms. The highest BCUT2D eigenvalue weighted by Crippen LogP contribution is 2.38. The highest BCUT2D eigenvalue weighted by Gasteiger charge is 2.21. The second kappa shape index (κ2) is 6.17. The number of benzene rings is 1. The molecular weight excluding hydrogens is 290 g/mol. The summed E-state index contributed by atoms with van der Waals surface area (Å²) in [4.78, 5) is 0. The zero-order chi connectivity index (χ0) is 13.8. The first-order chi connectivity index (χ1) is 9.15. The van der Waals surface area contributed by atoms with Gasteiger partial charge in [0, 0.05) is 5.56 Å². The van der Waals surface area contributed by atoms with Crippen LogP contribution >= 0.6 is 22.9 Å². The number of alkyl halides is 1. The van der Waals surface area contributed by atoms with Crippen LogP contribution in [0.1, 0.15) is 16.5 Å². The largest absolute Gasteiger partial charge is 0.486 e. The SMILES string of the molecule is C=CCOc1c(C(Cl)c2ccsc2)ccc(F)c1F. The Morgan fingerprint density at radius 3 is 2.79 bits per heavy atom. The van der Waals surface area contributed by atoms with Gasteiger partial charge in [-0.05, 0) is 28.5 Å². The number of thiophene rings is 1. The first kappa shape index (κ1) is 14.0. The lowest BCUT2D eigenvalue weighted by Crippen LogP contribution is -2.04. The Morgan fingerprint density at radius 2 is 2.16 bits per heavy atom. The molecule has 1 unspecified atom stereocenters. The van der Waals surface area contributed by atoms with E-state index in [1.807, 2.05) is 16.8 Å². The van der Waals surface area contributed by atoms with E-state index in [2.05, 4.69) is 6.58 Å². The molecule has 1 atom stereocenters. The average Bonchev–Trinajstić information content (AvgIpc) is 2.93. The normalized spacial score (nSPS) is 12.2. The molecule has 5 heteroatoms. The molecule has 1 nitrogen and oxygen atoms in total. The smallest absolute Gasteiger partial charge is 0.200 e. The maximum atomic E-state index is 13.8. The third-order valence-electron chi connectivity index (χ3n) is 2.53. The topological polar surface area (TPSA) is 9.23 Å². The lowest BCUT2D eigenvalue weighted by atomic mass is 10.1. The lowest BCUT2D eigenvalue weighted by Gasteiger charge is -2.15. The van der Waals surface area contributed by atoms with Crippen LogP contribution in [0.25, 0.3) is 0 Å². The quantitative estimate of drug-likeness (QED) is 0.562. The van der Waals surface area contributed by atoms with Crippen LogP contribution in [0.5, 0.6) is 5.75 Å². The van der Waals surface area contributed by atoms with Gasteiger partial charge in [0.2, 0.25) is 5.82 Å². The predicted octanol–water partition coefficient (Wildman–Crippen LogP) is 4.92. The van der Waals surface area contributed by atoms with E-state index in [-0.39, 0.29) is 12.4 Å². The van der Waals surface area contributed by atoms with Crippen LogP contribution in [0, 0.1) is 11.6 Å². The maximum Gasteiger partial charge on any atom is 0.200 e. The first-order valence-electron chi connectivity index (χ1n) is 5.53. The number of halogens is 3. The summed E-state index contributed by atoms with van der Waals surface area (Å²) in [6.07, 6.45) is 1.46. The Morgan fingerprint density at radius 1 is 1.37 bits per heavy atom. The summed E-state index contributed by atoms with van der Waals surface area (Å²) in [6.45, 7) is 3.56. The molecule has 0 aliphatic heterocycles. The van der Waals surface area contributed by atoms with Crippen molar-refractivity contribution in [3.8, 4) is 5.75 Å². The molecule has 0 aliphatic carbocycles. The van der Waals surface area contributed by atoms with Crippen molar-refractivity contribution in [2.75, 3.05) is 6.61 Å². The van der Waals surface area contributed by atoms with E-state index >= 15 is 0 Å². The van der Waals surface area contributed by atoms with Crippen LogP contribution in [-0.2, 0) is 0 Å². The molecule has 0 spiro atoms. The maximum absolute atomic E-state index is 13.8. The zero-order valence-electron chi connectivity index (χ0n) is 9.91. The molecule has 100 valence electrons. The van der Waals surface area contributed by atoms with E-state index in [9.17, 15) is 8.78 Å². The van der Waals surface area contributed by atoms with Crippen LogP contribution in [0.4, 0.5) is 8.78 Å². The molecule has 0 aliphatic rings. The Kier molecular flexibility index (Phi) is 4.56. The Balaban J connectivity index is 2.44. The summed E-state index contributed by atoms with van der Waals surface area (Å²) in [6, 6.07) is 4.32. The molecule has 1 heterocycles. The summed E-state index contributed by atoms with van der Waals surface area (Å²) in [7, 11) is 0. The summed E-state index contributed by atoms with van der Waals surface area (Å²) in [5.74, 6) is -2.15. The predicted molar refractivity (Wildman–Crippen MR) is 74.1 cm³/mol. The number of hydrogen-bond acceptors (Lipinski definition) is 2. The lowest BCUT2D eigenvalue weighted by molar-refractivity contribution is 0.329. The van der Waals surface area contributed by atoms with Gasteiger partial charge in [0.05, 0.1) is 5.38 Å². The zero-order valence-corrected chi connectivity index (χ0v) is 11.5. The van der Waals surface area contributed by atoms with E-state index in [1.54, 1.807) is 0 Å². The van der Waals surface area contributed by atoms with Crippen molar-refractivity contribution in [1.82, 2.24) is 0 Å². The van der Waals surface area contributed by atoms with Crippen LogP contribution in [0.3, 0.4) is 0 Å². The molecule has 0 fully saturated rings. The highest BCUT2D eigenvalue weighted by atomic mass is 35.5. The monoisotopic (exact) mass is 300 g/mol. The van der Waals surface area contributed by atoms with Crippen molar-refractivity contribution < 1.29 is 13.5 Å². The van der Waals surface area contributed by atoms with Gasteiger partial charge in [-0.25, -0.2) is 4.39 Å². The van der Waals surface area contributed by atoms with Crippen molar-refractivity contribution >= 4 is 22.9 Å². The molecule has 2 aromatic rings. The van der Waals surface area contributed by atoms with Crippen molar-refractivity contribution in [3.05, 3.63) is 64.4 Å². The van der Waals surface area contributed by atoms with E-state index < -0.39 is 17.0 Å². The van der Waals surface area contributed by atoms with Crippen LogP contribution in [-0.4, -0.2) is 6.61 Å². The molecule has 0 radical (unpaired) electrons. The Bertz CT molecular complexity index is 569. The van der Waals surface area contributed by atoms with Gasteiger partial charge in [-0.3, -0.25) is 0 Å². The minimum atomic E-state index is -1.03. The third-order valence-corrected chi connectivity index (χ3v) is 3.72. The summed E-state index contributed by atoms with van der Waals surface area (Å²) in [5, 5.41) is 3.15. The molecule has 0 amide bonds. The minimum absolute atomic E-state index is 0.0839. The Hall–Kier alpha value is -1.39. The average molecular weight is 301 g/mol. The summed E-state index contributed by atoms with van der Waals surface area (Å²) >= 11 is 7.78. The first-order valence-corrected chi connectivity index (χ1v) is 6.90. The second-order valence-electron chi connectivity index (χ2n) is 3.80. The van der Waals surface area contributed by atoms with Gasteiger partial charge in [0.1, 0.15) is 6.61 Å². The van der Waals surface area contributed by atoms with Crippen molar-refractivity contribution in [1.29, 1.82) is 0 Å². The van der Waals surface area contributed by atoms with Crippen molar-refractivity contribution in [2.45, 2.75) is 5.38 Å². The molecule has 19 heavy (non-hydrogen) atoms. The Labute approximate surface area is 119 Å². The summed E-state index contributed by atoms with van der Waals surface area (Å²) in [5.41, 5.74) is 1.22. The van der Waals surface area contributed by atoms with Gasteiger partial charge < -0.3 is 4.74 Å². The molecule has 1 aromatic heterocycles. The molecule has 0 saturated heterocycles. The molecular formula is C14H11ClF2OS. The fourth-order valence-electron chi connectivity index (χ4n) is 1.63. The third kappa shape index (κ3) is 2.96. The number of hydrogen-bond donors (Lipinski definition) is 0. The fourth-order valence-corrected chi connectivity index (χ4v) is 2.70. The van der Waals surface area contributed by atoms with Gasteiger partial charge >= 0.3 is 0 Å². The minimum Gasteiger partial charge on any atom is -0.486 e. The van der Waals surface area contributed by atoms with Gasteiger partial charge in [0.15, 0.2) is 11.6 Å². The van der Waals surface area contributed by atoms with E-state index in [0.717, 1.165) is 11.6 Å². The molecule has 2 rings (SSSR count). The van der Waals surface area contributed by atoms with Crippen LogP contribution in [0.2, 0.25) is 0 Å². The second-order valence-corrected chi connectivity index (χ2v) is 5.02. The van der Waals surface area contributed by atoms with Gasteiger partial charge in [0.25, 0.3) is 0 Å². The van der Waals surface area contributed by atoms with Crippen LogP contribution in [0.15, 0.2) is 41.6 Å². The molecule has 0 N–H and O–H groups in total. The number of ether oxygens (including phenoxy) is 1. The van der Waals surface area contributed by atoms with E-state index in [4.69, 9.17) is 16.3 Å². The standard InChI is InChI=1S/C14H11ClF2OS/c1-2-6-18-14-10(3-4-11(16)13(14)17)12(15)9-5-7-19-8-9/h2-5,7-8,12H,1,6H2. The highest BCUT2D eigenvalue weighted by molar-refractivity contribution is 7.08. The van der Waals surface area contributed by atoms with Gasteiger partial charge in [-0.15, -0.1) is 11.6 Å². The van der Waals surface area contributed by atoms with Gasteiger partial charge in [-0.1, -0.05) is 18.7 Å². The van der Waals surface area contributed by atoms with Crippen molar-refractivity contribution in [2.24, 2.45) is 0 Å². The fraction of sp³-hybridized carbons (Fsp3) is 0.143. The van der Waals surface area contributed by atoms with Crippen molar-refractivity contribution in [3.63, 3.8) is 0 Å². The number of rotatable bonds is 5. The van der Waals surface area contributed by atoms with E-state index in [1.165, 1.54) is 23.5 Å². The van der Waals surface area contributed by atoms with E-state index in [0.29, 0.717) is 5.56 Å².